The van der Waals surface area contributed by atoms with Gasteiger partial charge in [0.2, 0.25) is 0 Å². The molecule has 1 aromatic rings. The van der Waals surface area contributed by atoms with Gasteiger partial charge in [-0.25, -0.2) is 9.18 Å². The van der Waals surface area contributed by atoms with Crippen molar-refractivity contribution in [2.24, 2.45) is 5.92 Å². The van der Waals surface area contributed by atoms with E-state index in [1.807, 2.05) is 0 Å². The molecular weight excluding hydrogens is 261 g/mol. The van der Waals surface area contributed by atoms with Crippen LogP contribution < -0.4 is 10.6 Å². The van der Waals surface area contributed by atoms with E-state index in [4.69, 9.17) is 15.7 Å². The Hall–Kier alpha value is -2.29. The zero-order valence-corrected chi connectivity index (χ0v) is 11.8. The first kappa shape index (κ1) is 15.8. The number of esters is 1. The number of benzene rings is 1. The van der Waals surface area contributed by atoms with Crippen molar-refractivity contribution in [3.63, 3.8) is 0 Å². The fourth-order valence-corrected chi connectivity index (χ4v) is 1.81. The minimum atomic E-state index is -0.590. The molecule has 0 aromatic heterocycles. The number of hydrogen-bond acceptors (Lipinski definition) is 5. The van der Waals surface area contributed by atoms with Crippen molar-refractivity contribution in [3.05, 3.63) is 23.5 Å². The van der Waals surface area contributed by atoms with Gasteiger partial charge in [0.25, 0.3) is 0 Å². The summed E-state index contributed by atoms with van der Waals surface area (Å²) in [7, 11) is 1.65. The number of anilines is 2. The Bertz CT molecular complexity index is 540. The Labute approximate surface area is 117 Å². The third-order valence-electron chi connectivity index (χ3n) is 2.79. The zero-order chi connectivity index (χ0) is 15.3. The number of hydrogen-bond donors (Lipinski definition) is 1. The normalized spacial score (nSPS) is 11.6. The van der Waals surface area contributed by atoms with E-state index in [0.29, 0.717) is 6.54 Å². The van der Waals surface area contributed by atoms with Crippen molar-refractivity contribution < 1.29 is 13.9 Å². The fourth-order valence-electron chi connectivity index (χ4n) is 1.81. The maximum Gasteiger partial charge on any atom is 0.340 e. The Morgan fingerprint density at radius 1 is 1.60 bits per heavy atom. The van der Waals surface area contributed by atoms with Gasteiger partial charge in [0.05, 0.1) is 29.8 Å². The largest absolute Gasteiger partial charge is 0.462 e. The smallest absolute Gasteiger partial charge is 0.340 e. The maximum atomic E-state index is 13.9. The molecule has 0 spiro atoms. The fraction of sp³-hybridized carbons (Fsp3) is 0.429. The molecule has 0 aliphatic rings. The second-order valence-corrected chi connectivity index (χ2v) is 4.52. The van der Waals surface area contributed by atoms with Crippen LogP contribution in [0.1, 0.15) is 24.2 Å². The van der Waals surface area contributed by atoms with Gasteiger partial charge in [-0.2, -0.15) is 5.26 Å². The second-order valence-electron chi connectivity index (χ2n) is 4.52. The molecule has 0 aliphatic carbocycles. The van der Waals surface area contributed by atoms with Crippen molar-refractivity contribution in [2.75, 3.05) is 30.8 Å². The average molecular weight is 279 g/mol. The Morgan fingerprint density at radius 2 is 2.25 bits per heavy atom. The predicted molar refractivity (Wildman–Crippen MR) is 74.8 cm³/mol. The van der Waals surface area contributed by atoms with E-state index < -0.39 is 11.8 Å². The van der Waals surface area contributed by atoms with E-state index in [-0.39, 0.29) is 29.5 Å². The summed E-state index contributed by atoms with van der Waals surface area (Å²) in [6, 6.07) is 4.52. The number of nitriles is 1. The molecule has 1 atom stereocenters. The number of nitrogens with zero attached hydrogens (tertiary/aromatic N) is 2. The van der Waals surface area contributed by atoms with Crippen LogP contribution in [-0.4, -0.2) is 26.2 Å². The monoisotopic (exact) mass is 279 g/mol. The number of nitrogens with two attached hydrogens (primary N) is 1. The highest BCUT2D eigenvalue weighted by Crippen LogP contribution is 2.26. The van der Waals surface area contributed by atoms with Crippen molar-refractivity contribution >= 4 is 17.3 Å². The van der Waals surface area contributed by atoms with Gasteiger partial charge in [-0.3, -0.25) is 0 Å². The number of rotatable bonds is 5. The van der Waals surface area contributed by atoms with Crippen LogP contribution in [0.3, 0.4) is 0 Å². The van der Waals surface area contributed by atoms with E-state index in [1.165, 1.54) is 6.07 Å². The summed E-state index contributed by atoms with van der Waals surface area (Å²) in [4.78, 5) is 13.3. The van der Waals surface area contributed by atoms with Gasteiger partial charge in [-0.15, -0.1) is 0 Å². The SMILES string of the molecule is CCOC(=O)c1cc(N(C)CC(C)C#N)c(F)cc1N. The molecule has 108 valence electrons. The first-order valence-electron chi connectivity index (χ1n) is 6.27. The van der Waals surface area contributed by atoms with Gasteiger partial charge < -0.3 is 15.4 Å². The van der Waals surface area contributed by atoms with Crippen LogP contribution in [0.2, 0.25) is 0 Å². The molecule has 0 radical (unpaired) electrons. The average Bonchev–Trinajstić information content (AvgIpc) is 2.38. The van der Waals surface area contributed by atoms with Crippen LogP contribution in [0.15, 0.2) is 12.1 Å². The lowest BCUT2D eigenvalue weighted by Gasteiger charge is -2.22. The molecule has 1 aromatic carbocycles. The van der Waals surface area contributed by atoms with Crippen molar-refractivity contribution in [1.29, 1.82) is 5.26 Å². The second kappa shape index (κ2) is 6.75. The summed E-state index contributed by atoms with van der Waals surface area (Å²) < 4.78 is 18.8. The molecule has 20 heavy (non-hydrogen) atoms. The van der Waals surface area contributed by atoms with E-state index in [9.17, 15) is 9.18 Å². The van der Waals surface area contributed by atoms with Crippen molar-refractivity contribution in [2.45, 2.75) is 13.8 Å². The number of ether oxygens (including phenoxy) is 1. The lowest BCUT2D eigenvalue weighted by molar-refractivity contribution is 0.0527. The van der Waals surface area contributed by atoms with E-state index in [2.05, 4.69) is 6.07 Å². The van der Waals surface area contributed by atoms with Crippen LogP contribution in [0, 0.1) is 23.1 Å². The van der Waals surface area contributed by atoms with E-state index in [1.54, 1.807) is 25.8 Å². The molecule has 6 heteroatoms. The first-order valence-corrected chi connectivity index (χ1v) is 6.27. The molecule has 0 heterocycles. The summed E-state index contributed by atoms with van der Waals surface area (Å²) in [5.74, 6) is -1.39. The van der Waals surface area contributed by atoms with Crippen LogP contribution in [0.4, 0.5) is 15.8 Å². The van der Waals surface area contributed by atoms with Gasteiger partial charge >= 0.3 is 5.97 Å². The standard InChI is InChI=1S/C14H18FN3O2/c1-4-20-14(19)10-5-13(11(15)6-12(10)17)18(3)8-9(2)7-16/h5-6,9H,4,8,17H2,1-3H3. The quantitative estimate of drug-likeness (QED) is 0.660. The number of carbonyl (C=O) groups excluding carboxylic acids is 1. The summed E-state index contributed by atoms with van der Waals surface area (Å²) in [6.45, 7) is 3.98. The molecule has 1 rings (SSSR count). The highest BCUT2D eigenvalue weighted by atomic mass is 19.1. The molecule has 1 unspecified atom stereocenters. The van der Waals surface area contributed by atoms with E-state index in [0.717, 1.165) is 6.07 Å². The Kier molecular flexibility index (Phi) is 5.32. The maximum absolute atomic E-state index is 13.9. The van der Waals surface area contributed by atoms with Gasteiger partial charge in [-0.1, -0.05) is 0 Å². The number of halogens is 1. The van der Waals surface area contributed by atoms with Gasteiger partial charge in [0.1, 0.15) is 5.82 Å². The molecule has 5 nitrogen and oxygen atoms in total. The van der Waals surface area contributed by atoms with Crippen molar-refractivity contribution in [1.82, 2.24) is 0 Å². The summed E-state index contributed by atoms with van der Waals surface area (Å²) in [5.41, 5.74) is 6.01. The molecule has 0 bridgehead atoms. The predicted octanol–water partition coefficient (Wildman–Crippen LogP) is 2.18. The van der Waals surface area contributed by atoms with Crippen LogP contribution >= 0.6 is 0 Å². The third-order valence-corrected chi connectivity index (χ3v) is 2.79. The van der Waals surface area contributed by atoms with Crippen LogP contribution in [-0.2, 0) is 4.74 Å². The molecule has 0 saturated heterocycles. The minimum Gasteiger partial charge on any atom is -0.462 e. The Morgan fingerprint density at radius 3 is 2.80 bits per heavy atom. The molecule has 0 fully saturated rings. The lowest BCUT2D eigenvalue weighted by atomic mass is 10.1. The van der Waals surface area contributed by atoms with Gasteiger partial charge in [0, 0.05) is 19.3 Å². The van der Waals surface area contributed by atoms with Gasteiger partial charge in [0.15, 0.2) is 0 Å². The number of nitrogen functional groups attached to an aromatic ring is 1. The molecular formula is C14H18FN3O2. The van der Waals surface area contributed by atoms with E-state index >= 15 is 0 Å². The molecule has 0 amide bonds. The minimum absolute atomic E-state index is 0.0337. The lowest BCUT2D eigenvalue weighted by Crippen LogP contribution is -2.24. The van der Waals surface area contributed by atoms with Gasteiger partial charge in [-0.05, 0) is 26.0 Å². The Balaban J connectivity index is 3.11. The summed E-state index contributed by atoms with van der Waals surface area (Å²) in [6.07, 6.45) is 0. The first-order chi connectivity index (χ1) is 9.40. The summed E-state index contributed by atoms with van der Waals surface area (Å²) >= 11 is 0. The van der Waals surface area contributed by atoms with Crippen LogP contribution in [0.5, 0.6) is 0 Å². The van der Waals surface area contributed by atoms with Crippen LogP contribution in [0.25, 0.3) is 0 Å². The third kappa shape index (κ3) is 3.60. The zero-order valence-electron chi connectivity index (χ0n) is 11.8. The highest BCUT2D eigenvalue weighted by Gasteiger charge is 2.18. The summed E-state index contributed by atoms with van der Waals surface area (Å²) in [5, 5.41) is 8.79. The topological polar surface area (TPSA) is 79.3 Å². The molecule has 0 aliphatic heterocycles. The van der Waals surface area contributed by atoms with Crippen molar-refractivity contribution in [3.8, 4) is 6.07 Å². The molecule has 2 N–H and O–H groups in total. The number of carbonyl (C=O) groups is 1. The molecule has 0 saturated carbocycles. The highest BCUT2D eigenvalue weighted by molar-refractivity contribution is 5.96.